The highest BCUT2D eigenvalue weighted by molar-refractivity contribution is 7.12. The average molecular weight is 286 g/mol. The Morgan fingerprint density at radius 1 is 1.00 bits per heavy atom. The second-order valence-electron chi connectivity index (χ2n) is 5.93. The molecule has 0 radical (unpaired) electrons. The van der Waals surface area contributed by atoms with Crippen LogP contribution in [0.3, 0.4) is 0 Å². The topological polar surface area (TPSA) is 20.2 Å². The van der Waals surface area contributed by atoms with Crippen LogP contribution in [0.2, 0.25) is 0 Å². The van der Waals surface area contributed by atoms with Gasteiger partial charge >= 0.3 is 0 Å². The van der Waals surface area contributed by atoms with Gasteiger partial charge in [-0.1, -0.05) is 49.6 Å². The van der Waals surface area contributed by atoms with Crippen molar-refractivity contribution in [1.29, 1.82) is 0 Å². The lowest BCUT2D eigenvalue weighted by Gasteiger charge is -2.41. The summed E-state index contributed by atoms with van der Waals surface area (Å²) in [6.07, 6.45) is 5.55. The normalized spacial score (nSPS) is 19.7. The Balaban J connectivity index is 2.01. The monoisotopic (exact) mass is 286 g/mol. The SMILES string of the molecule is Cc1ccc(C(O)C2(c3ccccc3)CCCCC2)s1. The van der Waals surface area contributed by atoms with Crippen molar-refractivity contribution in [3.05, 3.63) is 57.8 Å². The molecule has 1 aliphatic carbocycles. The number of aliphatic hydroxyl groups excluding tert-OH is 1. The van der Waals surface area contributed by atoms with Crippen LogP contribution in [0.4, 0.5) is 0 Å². The molecule has 1 saturated carbocycles. The van der Waals surface area contributed by atoms with Crippen molar-refractivity contribution in [2.45, 2.75) is 50.5 Å². The number of hydrogen-bond acceptors (Lipinski definition) is 2. The third-order valence-corrected chi connectivity index (χ3v) is 5.70. The Bertz CT molecular complexity index is 552. The minimum Gasteiger partial charge on any atom is -0.387 e. The Labute approximate surface area is 125 Å². The number of thiophene rings is 1. The van der Waals surface area contributed by atoms with Crippen LogP contribution in [0.25, 0.3) is 0 Å². The van der Waals surface area contributed by atoms with Gasteiger partial charge in [-0.25, -0.2) is 0 Å². The summed E-state index contributed by atoms with van der Waals surface area (Å²) in [5.74, 6) is 0. The van der Waals surface area contributed by atoms with Crippen molar-refractivity contribution in [3.8, 4) is 0 Å². The van der Waals surface area contributed by atoms with Gasteiger partial charge in [0.2, 0.25) is 0 Å². The molecule has 1 heterocycles. The lowest BCUT2D eigenvalue weighted by molar-refractivity contribution is 0.0556. The number of hydrogen-bond donors (Lipinski definition) is 1. The molecule has 20 heavy (non-hydrogen) atoms. The van der Waals surface area contributed by atoms with Crippen molar-refractivity contribution in [1.82, 2.24) is 0 Å². The molecule has 106 valence electrons. The van der Waals surface area contributed by atoms with Crippen LogP contribution < -0.4 is 0 Å². The molecule has 1 nitrogen and oxygen atoms in total. The van der Waals surface area contributed by atoms with E-state index in [1.807, 2.05) is 0 Å². The lowest BCUT2D eigenvalue weighted by atomic mass is 9.65. The van der Waals surface area contributed by atoms with Crippen LogP contribution in [-0.4, -0.2) is 5.11 Å². The zero-order valence-electron chi connectivity index (χ0n) is 12.0. The van der Waals surface area contributed by atoms with Crippen molar-refractivity contribution in [2.24, 2.45) is 0 Å². The second-order valence-corrected chi connectivity index (χ2v) is 7.25. The first-order valence-electron chi connectivity index (χ1n) is 7.52. The van der Waals surface area contributed by atoms with Crippen LogP contribution in [0.1, 0.15) is 53.5 Å². The van der Waals surface area contributed by atoms with E-state index in [1.165, 1.54) is 29.7 Å². The molecule has 3 rings (SSSR count). The molecule has 1 aromatic carbocycles. The predicted octanol–water partition coefficient (Wildman–Crippen LogP) is 4.99. The molecule has 2 aromatic rings. The summed E-state index contributed by atoms with van der Waals surface area (Å²) < 4.78 is 0. The number of aryl methyl sites for hydroxylation is 1. The molecule has 0 spiro atoms. The highest BCUT2D eigenvalue weighted by Crippen LogP contribution is 2.49. The summed E-state index contributed by atoms with van der Waals surface area (Å²) in [5.41, 5.74) is 1.22. The maximum Gasteiger partial charge on any atom is 0.0978 e. The van der Waals surface area contributed by atoms with Crippen LogP contribution in [-0.2, 0) is 5.41 Å². The quantitative estimate of drug-likeness (QED) is 0.842. The van der Waals surface area contributed by atoms with Gasteiger partial charge in [0.25, 0.3) is 0 Å². The molecule has 0 aliphatic heterocycles. The van der Waals surface area contributed by atoms with Crippen LogP contribution in [0.15, 0.2) is 42.5 Å². The molecule has 0 bridgehead atoms. The summed E-state index contributed by atoms with van der Waals surface area (Å²) in [6, 6.07) is 14.8. The minimum absolute atomic E-state index is 0.0865. The summed E-state index contributed by atoms with van der Waals surface area (Å²) >= 11 is 1.73. The van der Waals surface area contributed by atoms with E-state index in [4.69, 9.17) is 0 Å². The van der Waals surface area contributed by atoms with E-state index in [0.29, 0.717) is 0 Å². The summed E-state index contributed by atoms with van der Waals surface area (Å²) in [5, 5.41) is 11.1. The van der Waals surface area contributed by atoms with E-state index >= 15 is 0 Å². The van der Waals surface area contributed by atoms with Gasteiger partial charge in [-0.3, -0.25) is 0 Å². The molecule has 0 saturated heterocycles. The molecular weight excluding hydrogens is 264 g/mol. The maximum absolute atomic E-state index is 11.1. The van der Waals surface area contributed by atoms with Gasteiger partial charge in [0.15, 0.2) is 0 Å². The van der Waals surface area contributed by atoms with E-state index in [1.54, 1.807) is 11.3 Å². The lowest BCUT2D eigenvalue weighted by Crippen LogP contribution is -2.35. The summed E-state index contributed by atoms with van der Waals surface area (Å²) in [7, 11) is 0. The summed E-state index contributed by atoms with van der Waals surface area (Å²) in [6.45, 7) is 2.11. The first-order chi connectivity index (χ1) is 9.72. The highest BCUT2D eigenvalue weighted by Gasteiger charge is 2.41. The molecule has 1 N–H and O–H groups in total. The van der Waals surface area contributed by atoms with E-state index in [2.05, 4.69) is 49.4 Å². The van der Waals surface area contributed by atoms with Crippen molar-refractivity contribution in [3.63, 3.8) is 0 Å². The van der Waals surface area contributed by atoms with E-state index in [-0.39, 0.29) is 11.5 Å². The molecule has 1 aromatic heterocycles. The van der Waals surface area contributed by atoms with Gasteiger partial charge in [-0.05, 0) is 37.5 Å². The fraction of sp³-hybridized carbons (Fsp3) is 0.444. The Hall–Kier alpha value is -1.12. The zero-order chi connectivity index (χ0) is 14.0. The third kappa shape index (κ3) is 2.43. The molecule has 2 heteroatoms. The van der Waals surface area contributed by atoms with Gasteiger partial charge in [-0.15, -0.1) is 11.3 Å². The third-order valence-electron chi connectivity index (χ3n) is 4.65. The Kier molecular flexibility index (Phi) is 3.95. The number of rotatable bonds is 3. The van der Waals surface area contributed by atoms with E-state index in [0.717, 1.165) is 17.7 Å². The number of benzene rings is 1. The van der Waals surface area contributed by atoms with Crippen molar-refractivity contribution < 1.29 is 5.11 Å². The molecule has 1 atom stereocenters. The first-order valence-corrected chi connectivity index (χ1v) is 8.34. The summed E-state index contributed by atoms with van der Waals surface area (Å²) in [4.78, 5) is 2.39. The van der Waals surface area contributed by atoms with Crippen LogP contribution in [0, 0.1) is 6.92 Å². The Morgan fingerprint density at radius 3 is 2.30 bits per heavy atom. The smallest absolute Gasteiger partial charge is 0.0978 e. The van der Waals surface area contributed by atoms with Gasteiger partial charge in [0.05, 0.1) is 6.10 Å². The maximum atomic E-state index is 11.1. The van der Waals surface area contributed by atoms with Gasteiger partial charge in [-0.2, -0.15) is 0 Å². The predicted molar refractivity (Wildman–Crippen MR) is 85.2 cm³/mol. The molecular formula is C18H22OS. The molecule has 0 amide bonds. The zero-order valence-corrected chi connectivity index (χ0v) is 12.8. The largest absolute Gasteiger partial charge is 0.387 e. The van der Waals surface area contributed by atoms with Gasteiger partial charge < -0.3 is 5.11 Å². The van der Waals surface area contributed by atoms with Crippen molar-refractivity contribution >= 4 is 11.3 Å². The molecule has 1 fully saturated rings. The standard InChI is InChI=1S/C18H22OS/c1-14-10-11-16(20-14)17(19)18(12-6-3-7-13-18)15-8-4-2-5-9-15/h2,4-5,8-11,17,19H,3,6-7,12-13H2,1H3. The minimum atomic E-state index is -0.371. The fourth-order valence-electron chi connectivity index (χ4n) is 3.55. The molecule has 1 aliphatic rings. The first kappa shape index (κ1) is 13.8. The molecule has 1 unspecified atom stereocenters. The highest BCUT2D eigenvalue weighted by atomic mass is 32.1. The average Bonchev–Trinajstić information content (AvgIpc) is 2.94. The van der Waals surface area contributed by atoms with E-state index < -0.39 is 0 Å². The van der Waals surface area contributed by atoms with Gasteiger partial charge in [0, 0.05) is 15.2 Å². The fourth-order valence-corrected chi connectivity index (χ4v) is 4.53. The van der Waals surface area contributed by atoms with Gasteiger partial charge in [0.1, 0.15) is 0 Å². The van der Waals surface area contributed by atoms with Crippen LogP contribution >= 0.6 is 11.3 Å². The van der Waals surface area contributed by atoms with Crippen LogP contribution in [0.5, 0.6) is 0 Å². The second kappa shape index (κ2) is 5.71. The Morgan fingerprint density at radius 2 is 1.70 bits per heavy atom. The van der Waals surface area contributed by atoms with E-state index in [9.17, 15) is 5.11 Å². The van der Waals surface area contributed by atoms with Crippen molar-refractivity contribution in [2.75, 3.05) is 0 Å². The number of aliphatic hydroxyl groups is 1.